The molecule has 0 unspecified atom stereocenters. The summed E-state index contributed by atoms with van der Waals surface area (Å²) in [5.41, 5.74) is 2.61. The molecule has 0 bridgehead atoms. The minimum atomic E-state index is -0.434. The summed E-state index contributed by atoms with van der Waals surface area (Å²) in [4.78, 5) is 29.4. The van der Waals surface area contributed by atoms with Crippen LogP contribution in [0.25, 0.3) is 0 Å². The van der Waals surface area contributed by atoms with E-state index in [1.54, 1.807) is 31.1 Å². The quantitative estimate of drug-likeness (QED) is 0.814. The van der Waals surface area contributed by atoms with Gasteiger partial charge in [0.05, 0.1) is 5.69 Å². The van der Waals surface area contributed by atoms with Gasteiger partial charge in [-0.15, -0.1) is 0 Å². The van der Waals surface area contributed by atoms with Crippen molar-refractivity contribution < 1.29 is 9.59 Å². The van der Waals surface area contributed by atoms with Gasteiger partial charge in [0.1, 0.15) is 11.5 Å². The number of likely N-dealkylation sites (N-methyl/N-ethyl adjacent to an activating group) is 1. The summed E-state index contributed by atoms with van der Waals surface area (Å²) in [5, 5.41) is 6.55. The van der Waals surface area contributed by atoms with E-state index in [2.05, 4.69) is 10.3 Å². The minimum Gasteiger partial charge on any atom is -0.350 e. The van der Waals surface area contributed by atoms with Crippen LogP contribution in [0.3, 0.4) is 0 Å². The van der Waals surface area contributed by atoms with E-state index in [0.717, 1.165) is 5.69 Å². The molecule has 0 fully saturated rings. The highest BCUT2D eigenvalue weighted by molar-refractivity contribution is 6.23. The molecule has 25 heavy (non-hydrogen) atoms. The van der Waals surface area contributed by atoms with Crippen LogP contribution in [-0.4, -0.2) is 29.6 Å². The van der Waals surface area contributed by atoms with E-state index in [-0.39, 0.29) is 17.2 Å². The standard InChI is InChI=1S/C19H16N4O2/c1-12-20-19(25)17(22(2)23(12)13-8-4-3-5-9-13)16-18(24)14-10-6-7-11-15(14)21-16/h3-11,21H,1-2H3/b17-16+. The molecule has 0 radical (unpaired) electrons. The summed E-state index contributed by atoms with van der Waals surface area (Å²) in [5.74, 6) is -0.0876. The van der Waals surface area contributed by atoms with Gasteiger partial charge in [0.2, 0.25) is 5.78 Å². The van der Waals surface area contributed by atoms with Crippen molar-refractivity contribution in [1.82, 2.24) is 5.01 Å². The van der Waals surface area contributed by atoms with Gasteiger partial charge in [-0.3, -0.25) is 14.6 Å². The zero-order valence-electron chi connectivity index (χ0n) is 13.9. The number of Topliss-reactive ketones (excluding diaryl/α,β-unsaturated/α-hetero) is 1. The molecule has 0 aliphatic carbocycles. The Morgan fingerprint density at radius 2 is 1.64 bits per heavy atom. The zero-order chi connectivity index (χ0) is 17.6. The van der Waals surface area contributed by atoms with E-state index in [1.807, 2.05) is 47.5 Å². The van der Waals surface area contributed by atoms with Gasteiger partial charge in [-0.2, -0.15) is 4.99 Å². The van der Waals surface area contributed by atoms with Gasteiger partial charge in [-0.25, -0.2) is 5.01 Å². The first kappa shape index (κ1) is 15.1. The molecule has 6 nitrogen and oxygen atoms in total. The molecule has 1 N–H and O–H groups in total. The molecule has 124 valence electrons. The average Bonchev–Trinajstić information content (AvgIpc) is 2.92. The highest BCUT2D eigenvalue weighted by atomic mass is 16.2. The number of nitrogens with one attached hydrogen (secondary N) is 1. The van der Waals surface area contributed by atoms with Crippen molar-refractivity contribution >= 4 is 28.9 Å². The van der Waals surface area contributed by atoms with Crippen LogP contribution in [0.4, 0.5) is 11.4 Å². The number of fused-ring (bicyclic) bond motifs is 1. The maximum atomic E-state index is 12.7. The van der Waals surface area contributed by atoms with Crippen molar-refractivity contribution in [2.75, 3.05) is 17.4 Å². The number of carbonyl (C=O) groups excluding carboxylic acids is 2. The van der Waals surface area contributed by atoms with Crippen LogP contribution >= 0.6 is 0 Å². The van der Waals surface area contributed by atoms with Crippen molar-refractivity contribution in [2.24, 2.45) is 4.99 Å². The average molecular weight is 332 g/mol. The van der Waals surface area contributed by atoms with Gasteiger partial charge < -0.3 is 5.32 Å². The molecule has 2 aliphatic rings. The number of carbonyl (C=O) groups is 2. The molecule has 1 amide bonds. The number of hydrogen-bond acceptors (Lipinski definition) is 5. The summed E-state index contributed by atoms with van der Waals surface area (Å²) >= 11 is 0. The highest BCUT2D eigenvalue weighted by Gasteiger charge is 2.36. The van der Waals surface area contributed by atoms with Gasteiger partial charge in [0.15, 0.2) is 5.70 Å². The molecule has 0 spiro atoms. The van der Waals surface area contributed by atoms with Gasteiger partial charge in [0.25, 0.3) is 5.91 Å². The zero-order valence-corrected chi connectivity index (χ0v) is 13.9. The predicted octanol–water partition coefficient (Wildman–Crippen LogP) is 2.82. The van der Waals surface area contributed by atoms with Crippen LogP contribution in [0.5, 0.6) is 0 Å². The van der Waals surface area contributed by atoms with Crippen LogP contribution < -0.4 is 10.3 Å². The van der Waals surface area contributed by atoms with E-state index in [9.17, 15) is 9.59 Å². The molecular weight excluding hydrogens is 316 g/mol. The number of benzene rings is 2. The van der Waals surface area contributed by atoms with E-state index >= 15 is 0 Å². The first-order chi connectivity index (χ1) is 12.1. The summed E-state index contributed by atoms with van der Waals surface area (Å²) in [6.07, 6.45) is 0. The summed E-state index contributed by atoms with van der Waals surface area (Å²) in [6, 6.07) is 16.8. The molecule has 6 heteroatoms. The number of hydrazine groups is 1. The number of hydrogen-bond donors (Lipinski definition) is 1. The number of allylic oxidation sites excluding steroid dienone is 1. The van der Waals surface area contributed by atoms with E-state index in [1.165, 1.54) is 0 Å². The van der Waals surface area contributed by atoms with Crippen molar-refractivity contribution in [1.29, 1.82) is 0 Å². The summed E-state index contributed by atoms with van der Waals surface area (Å²) in [7, 11) is 1.75. The van der Waals surface area contributed by atoms with Crippen LogP contribution in [0.15, 0.2) is 71.0 Å². The smallest absolute Gasteiger partial charge is 0.299 e. The third-order valence-corrected chi connectivity index (χ3v) is 4.29. The normalized spacial score (nSPS) is 19.7. The lowest BCUT2D eigenvalue weighted by Gasteiger charge is -2.38. The fourth-order valence-electron chi connectivity index (χ4n) is 3.18. The molecule has 4 rings (SSSR count). The number of amides is 1. The lowest BCUT2D eigenvalue weighted by molar-refractivity contribution is -0.116. The van der Waals surface area contributed by atoms with E-state index in [0.29, 0.717) is 17.1 Å². The maximum Gasteiger partial charge on any atom is 0.299 e. The largest absolute Gasteiger partial charge is 0.350 e. The lowest BCUT2D eigenvalue weighted by Crippen LogP contribution is -2.49. The van der Waals surface area contributed by atoms with Crippen LogP contribution in [0.1, 0.15) is 17.3 Å². The molecular formula is C19H16N4O2. The Morgan fingerprint density at radius 3 is 2.36 bits per heavy atom. The minimum absolute atomic E-state index is 0.200. The Bertz CT molecular complexity index is 947. The molecule has 0 saturated carbocycles. The van der Waals surface area contributed by atoms with E-state index in [4.69, 9.17) is 0 Å². The summed E-state index contributed by atoms with van der Waals surface area (Å²) < 4.78 is 0. The van der Waals surface area contributed by atoms with Crippen molar-refractivity contribution in [2.45, 2.75) is 6.92 Å². The first-order valence-corrected chi connectivity index (χ1v) is 7.91. The van der Waals surface area contributed by atoms with Gasteiger partial charge >= 0.3 is 0 Å². The number of ketones is 1. The molecule has 0 saturated heterocycles. The van der Waals surface area contributed by atoms with E-state index < -0.39 is 5.91 Å². The number of rotatable bonds is 1. The van der Waals surface area contributed by atoms with Crippen LogP contribution in [-0.2, 0) is 4.79 Å². The first-order valence-electron chi connectivity index (χ1n) is 7.91. The predicted molar refractivity (Wildman–Crippen MR) is 96.2 cm³/mol. The van der Waals surface area contributed by atoms with Gasteiger partial charge in [0, 0.05) is 18.3 Å². The third-order valence-electron chi connectivity index (χ3n) is 4.29. The number of anilines is 2. The van der Waals surface area contributed by atoms with Crippen LogP contribution in [0, 0.1) is 0 Å². The Morgan fingerprint density at radius 1 is 0.960 bits per heavy atom. The number of nitrogens with zero attached hydrogens (tertiary/aromatic N) is 3. The Balaban J connectivity index is 1.84. The molecule has 0 atom stereocenters. The Hall–Kier alpha value is -3.41. The second-order valence-electron chi connectivity index (χ2n) is 5.86. The molecule has 2 aromatic carbocycles. The molecule has 2 aliphatic heterocycles. The monoisotopic (exact) mass is 332 g/mol. The second kappa shape index (κ2) is 5.59. The van der Waals surface area contributed by atoms with Crippen molar-refractivity contribution in [3.8, 4) is 0 Å². The van der Waals surface area contributed by atoms with Crippen molar-refractivity contribution in [3.05, 3.63) is 71.6 Å². The second-order valence-corrected chi connectivity index (χ2v) is 5.86. The van der Waals surface area contributed by atoms with Gasteiger partial charge in [-0.05, 0) is 31.2 Å². The Labute approximate surface area is 145 Å². The molecule has 2 heterocycles. The number of amidine groups is 1. The number of aliphatic imine (C=N–C) groups is 1. The topological polar surface area (TPSA) is 65.0 Å². The Kier molecular flexibility index (Phi) is 3.39. The SMILES string of the molecule is CC1=NC(=O)/C(=C2\Nc3ccccc3C2=O)N(C)N1c1ccccc1. The van der Waals surface area contributed by atoms with Crippen LogP contribution in [0.2, 0.25) is 0 Å². The fourth-order valence-corrected chi connectivity index (χ4v) is 3.18. The fraction of sp³-hybridized carbons (Fsp3) is 0.105. The molecule has 0 aromatic heterocycles. The third kappa shape index (κ3) is 2.30. The summed E-state index contributed by atoms with van der Waals surface area (Å²) in [6.45, 7) is 1.77. The number of para-hydroxylation sites is 2. The highest BCUT2D eigenvalue weighted by Crippen LogP contribution is 2.32. The maximum absolute atomic E-state index is 12.7. The molecule has 2 aromatic rings. The van der Waals surface area contributed by atoms with Gasteiger partial charge in [-0.1, -0.05) is 30.3 Å². The van der Waals surface area contributed by atoms with Crippen molar-refractivity contribution in [3.63, 3.8) is 0 Å². The lowest BCUT2D eigenvalue weighted by atomic mass is 10.1.